The SMILES string of the molecule is Cl.O=C(CCNC(=O)C1CCCN1)NC1CCCCC1. The fourth-order valence-corrected chi connectivity index (χ4v) is 2.88. The molecule has 0 bridgehead atoms. The maximum absolute atomic E-state index is 11.7. The van der Waals surface area contributed by atoms with Gasteiger partial charge >= 0.3 is 0 Å². The number of carbonyl (C=O) groups is 2. The molecule has 1 heterocycles. The highest BCUT2D eigenvalue weighted by Crippen LogP contribution is 2.17. The van der Waals surface area contributed by atoms with E-state index in [2.05, 4.69) is 16.0 Å². The number of carbonyl (C=O) groups excluding carboxylic acids is 2. The molecule has 2 aliphatic rings. The van der Waals surface area contributed by atoms with Crippen molar-refractivity contribution in [2.24, 2.45) is 0 Å². The van der Waals surface area contributed by atoms with E-state index in [1.165, 1.54) is 19.3 Å². The number of halogens is 1. The van der Waals surface area contributed by atoms with Crippen molar-refractivity contribution in [1.29, 1.82) is 0 Å². The Morgan fingerprint density at radius 2 is 1.80 bits per heavy atom. The summed E-state index contributed by atoms with van der Waals surface area (Å²) in [6, 6.07) is 0.301. The molecular weight excluding hydrogens is 278 g/mol. The minimum Gasteiger partial charge on any atom is -0.354 e. The Kier molecular flexibility index (Phi) is 7.92. The molecule has 1 saturated heterocycles. The van der Waals surface area contributed by atoms with Crippen molar-refractivity contribution in [3.05, 3.63) is 0 Å². The number of hydrogen-bond acceptors (Lipinski definition) is 3. The number of hydrogen-bond donors (Lipinski definition) is 3. The molecule has 20 heavy (non-hydrogen) atoms. The monoisotopic (exact) mass is 303 g/mol. The van der Waals surface area contributed by atoms with E-state index in [0.717, 1.165) is 32.2 Å². The summed E-state index contributed by atoms with van der Waals surface area (Å²) in [4.78, 5) is 23.4. The van der Waals surface area contributed by atoms with E-state index in [-0.39, 0.29) is 30.3 Å². The molecule has 0 aromatic rings. The second kappa shape index (κ2) is 9.19. The first-order valence-electron chi connectivity index (χ1n) is 7.56. The van der Waals surface area contributed by atoms with Crippen LogP contribution in [0, 0.1) is 0 Å². The minimum absolute atomic E-state index is 0. The van der Waals surface area contributed by atoms with Crippen molar-refractivity contribution in [1.82, 2.24) is 16.0 Å². The van der Waals surface area contributed by atoms with Crippen molar-refractivity contribution in [2.75, 3.05) is 13.1 Å². The second-order valence-corrected chi connectivity index (χ2v) is 5.59. The van der Waals surface area contributed by atoms with Crippen molar-refractivity contribution in [2.45, 2.75) is 63.5 Å². The predicted molar refractivity (Wildman–Crippen MR) is 80.9 cm³/mol. The molecule has 0 aromatic carbocycles. The van der Waals surface area contributed by atoms with Gasteiger partial charge in [0.2, 0.25) is 11.8 Å². The molecule has 2 amide bonds. The molecule has 2 rings (SSSR count). The molecule has 116 valence electrons. The molecule has 6 heteroatoms. The van der Waals surface area contributed by atoms with Crippen LogP contribution in [-0.2, 0) is 9.59 Å². The third kappa shape index (κ3) is 5.67. The molecule has 1 aliphatic heterocycles. The van der Waals surface area contributed by atoms with Gasteiger partial charge in [0.15, 0.2) is 0 Å². The number of nitrogens with one attached hydrogen (secondary N) is 3. The Bertz CT molecular complexity index is 314. The summed E-state index contributed by atoms with van der Waals surface area (Å²) in [7, 11) is 0. The molecule has 2 fully saturated rings. The first-order chi connectivity index (χ1) is 9.25. The lowest BCUT2D eigenvalue weighted by Crippen LogP contribution is -2.42. The summed E-state index contributed by atoms with van der Waals surface area (Å²) in [5.41, 5.74) is 0. The van der Waals surface area contributed by atoms with E-state index in [1.54, 1.807) is 0 Å². The van der Waals surface area contributed by atoms with Crippen LogP contribution in [0.1, 0.15) is 51.4 Å². The summed E-state index contributed by atoms with van der Waals surface area (Å²) in [5.74, 6) is 0.0922. The Morgan fingerprint density at radius 1 is 1.05 bits per heavy atom. The third-order valence-corrected chi connectivity index (χ3v) is 4.00. The smallest absolute Gasteiger partial charge is 0.237 e. The van der Waals surface area contributed by atoms with E-state index in [1.807, 2.05) is 0 Å². The van der Waals surface area contributed by atoms with Gasteiger partial charge < -0.3 is 16.0 Å². The maximum atomic E-state index is 11.7. The topological polar surface area (TPSA) is 70.2 Å². The van der Waals surface area contributed by atoms with Crippen molar-refractivity contribution < 1.29 is 9.59 Å². The molecule has 0 spiro atoms. The van der Waals surface area contributed by atoms with Crippen LogP contribution in [0.15, 0.2) is 0 Å². The normalized spacial score (nSPS) is 22.9. The highest BCUT2D eigenvalue weighted by atomic mass is 35.5. The first kappa shape index (κ1) is 17.2. The van der Waals surface area contributed by atoms with Gasteiger partial charge in [0.1, 0.15) is 0 Å². The molecule has 5 nitrogen and oxygen atoms in total. The Balaban J connectivity index is 0.00000200. The standard InChI is InChI=1S/C14H25N3O2.ClH/c18-13(17-11-5-2-1-3-6-11)8-10-16-14(19)12-7-4-9-15-12;/h11-12,15H,1-10H2,(H,16,19)(H,17,18);1H. The molecule has 1 atom stereocenters. The van der Waals surface area contributed by atoms with Crippen molar-refractivity contribution >= 4 is 24.2 Å². The average molecular weight is 304 g/mol. The average Bonchev–Trinajstić information content (AvgIpc) is 2.93. The zero-order valence-electron chi connectivity index (χ0n) is 12.0. The van der Waals surface area contributed by atoms with Crippen LogP contribution >= 0.6 is 12.4 Å². The van der Waals surface area contributed by atoms with Crippen LogP contribution in [0.4, 0.5) is 0 Å². The van der Waals surface area contributed by atoms with Gasteiger partial charge in [-0.2, -0.15) is 0 Å². The van der Waals surface area contributed by atoms with Gasteiger partial charge in [-0.25, -0.2) is 0 Å². The maximum Gasteiger partial charge on any atom is 0.237 e. The quantitative estimate of drug-likeness (QED) is 0.713. The van der Waals surface area contributed by atoms with Gasteiger partial charge in [0, 0.05) is 19.0 Å². The van der Waals surface area contributed by atoms with E-state index in [0.29, 0.717) is 19.0 Å². The zero-order valence-corrected chi connectivity index (χ0v) is 12.8. The molecule has 3 N–H and O–H groups in total. The number of rotatable bonds is 5. The van der Waals surface area contributed by atoms with Crippen LogP contribution in [0.5, 0.6) is 0 Å². The summed E-state index contributed by atoms with van der Waals surface area (Å²) >= 11 is 0. The van der Waals surface area contributed by atoms with Gasteiger partial charge in [0.05, 0.1) is 6.04 Å². The predicted octanol–water partition coefficient (Wildman–Crippen LogP) is 1.12. The molecule has 1 saturated carbocycles. The first-order valence-corrected chi connectivity index (χ1v) is 7.56. The fourth-order valence-electron chi connectivity index (χ4n) is 2.88. The Morgan fingerprint density at radius 3 is 2.45 bits per heavy atom. The fraction of sp³-hybridized carbons (Fsp3) is 0.857. The molecular formula is C14H26ClN3O2. The van der Waals surface area contributed by atoms with Crippen LogP contribution in [0.25, 0.3) is 0 Å². The summed E-state index contributed by atoms with van der Waals surface area (Å²) in [6.07, 6.45) is 8.27. The van der Waals surface area contributed by atoms with Crippen LogP contribution in [0.2, 0.25) is 0 Å². The highest BCUT2D eigenvalue weighted by molar-refractivity contribution is 5.85. The lowest BCUT2D eigenvalue weighted by atomic mass is 9.95. The van der Waals surface area contributed by atoms with E-state index in [4.69, 9.17) is 0 Å². The van der Waals surface area contributed by atoms with Crippen LogP contribution < -0.4 is 16.0 Å². The molecule has 0 aromatic heterocycles. The zero-order chi connectivity index (χ0) is 13.5. The highest BCUT2D eigenvalue weighted by Gasteiger charge is 2.21. The summed E-state index contributed by atoms with van der Waals surface area (Å²) in [6.45, 7) is 1.36. The summed E-state index contributed by atoms with van der Waals surface area (Å²) in [5, 5.41) is 9.03. The second-order valence-electron chi connectivity index (χ2n) is 5.59. The number of amides is 2. The van der Waals surface area contributed by atoms with Crippen molar-refractivity contribution in [3.8, 4) is 0 Å². The summed E-state index contributed by atoms with van der Waals surface area (Å²) < 4.78 is 0. The van der Waals surface area contributed by atoms with E-state index >= 15 is 0 Å². The largest absolute Gasteiger partial charge is 0.354 e. The molecule has 0 radical (unpaired) electrons. The van der Waals surface area contributed by atoms with Gasteiger partial charge in [-0.15, -0.1) is 12.4 Å². The van der Waals surface area contributed by atoms with Gasteiger partial charge in [-0.3, -0.25) is 9.59 Å². The van der Waals surface area contributed by atoms with E-state index < -0.39 is 0 Å². The van der Waals surface area contributed by atoms with E-state index in [9.17, 15) is 9.59 Å². The van der Waals surface area contributed by atoms with Gasteiger partial charge in [-0.05, 0) is 32.2 Å². The minimum atomic E-state index is -0.0543. The lowest BCUT2D eigenvalue weighted by molar-refractivity contribution is -0.123. The third-order valence-electron chi connectivity index (χ3n) is 4.00. The van der Waals surface area contributed by atoms with Crippen molar-refractivity contribution in [3.63, 3.8) is 0 Å². The molecule has 1 unspecified atom stereocenters. The Hall–Kier alpha value is -0.810. The van der Waals surface area contributed by atoms with Gasteiger partial charge in [0.25, 0.3) is 0 Å². The Labute approximate surface area is 127 Å². The van der Waals surface area contributed by atoms with Crippen LogP contribution in [-0.4, -0.2) is 37.0 Å². The van der Waals surface area contributed by atoms with Gasteiger partial charge in [-0.1, -0.05) is 19.3 Å². The molecule has 1 aliphatic carbocycles. The lowest BCUT2D eigenvalue weighted by Gasteiger charge is -2.22. The van der Waals surface area contributed by atoms with Crippen LogP contribution in [0.3, 0.4) is 0 Å².